The Labute approximate surface area is 180 Å². The van der Waals surface area contributed by atoms with E-state index in [9.17, 15) is 18.8 Å². The molecule has 0 spiro atoms. The van der Waals surface area contributed by atoms with Crippen molar-refractivity contribution in [2.45, 2.75) is 26.2 Å². The van der Waals surface area contributed by atoms with E-state index in [0.717, 1.165) is 11.6 Å². The number of piperazine rings is 1. The topological polar surface area (TPSA) is 57.7 Å². The van der Waals surface area contributed by atoms with E-state index in [-0.39, 0.29) is 48.1 Å². The Kier molecular flexibility index (Phi) is 6.27. The molecule has 1 saturated heterocycles. The van der Waals surface area contributed by atoms with Gasteiger partial charge in [0.25, 0.3) is 11.8 Å². The Hall–Kier alpha value is -2.73. The van der Waals surface area contributed by atoms with E-state index in [0.29, 0.717) is 5.56 Å². The zero-order chi connectivity index (χ0) is 22.1. The van der Waals surface area contributed by atoms with Crippen molar-refractivity contribution in [3.8, 4) is 0 Å². The Morgan fingerprint density at radius 3 is 2.00 bits per heavy atom. The van der Waals surface area contributed by atoms with Crippen molar-refractivity contribution in [2.75, 3.05) is 26.2 Å². The lowest BCUT2D eigenvalue weighted by Crippen LogP contribution is -2.52. The van der Waals surface area contributed by atoms with Crippen LogP contribution >= 0.6 is 11.6 Å². The average molecular weight is 431 g/mol. The molecule has 0 unspecified atom stereocenters. The van der Waals surface area contributed by atoms with Crippen LogP contribution in [-0.4, -0.2) is 53.6 Å². The maximum absolute atomic E-state index is 13.2. The highest BCUT2D eigenvalue weighted by Crippen LogP contribution is 2.23. The minimum absolute atomic E-state index is 0.0398. The molecule has 1 fully saturated rings. The third-order valence-corrected chi connectivity index (χ3v) is 5.54. The maximum Gasteiger partial charge on any atom is 0.295 e. The number of halogens is 2. The van der Waals surface area contributed by atoms with Crippen molar-refractivity contribution in [1.29, 1.82) is 0 Å². The quantitative estimate of drug-likeness (QED) is 0.547. The first-order chi connectivity index (χ1) is 14.1. The van der Waals surface area contributed by atoms with Gasteiger partial charge in [0.15, 0.2) is 0 Å². The van der Waals surface area contributed by atoms with Crippen LogP contribution < -0.4 is 0 Å². The van der Waals surface area contributed by atoms with Crippen LogP contribution in [0.2, 0.25) is 5.02 Å². The molecular formula is C23H24ClFN2O3. The van der Waals surface area contributed by atoms with Gasteiger partial charge < -0.3 is 9.80 Å². The minimum Gasteiger partial charge on any atom is -0.335 e. The van der Waals surface area contributed by atoms with Crippen molar-refractivity contribution in [2.24, 2.45) is 0 Å². The molecule has 0 N–H and O–H groups in total. The van der Waals surface area contributed by atoms with Crippen LogP contribution in [0.4, 0.5) is 4.39 Å². The summed E-state index contributed by atoms with van der Waals surface area (Å²) in [5, 5.41) is 0.0485. The second kappa shape index (κ2) is 8.56. The predicted octanol–water partition coefficient (Wildman–Crippen LogP) is 3.94. The molecule has 158 valence electrons. The molecule has 2 aromatic rings. The van der Waals surface area contributed by atoms with Crippen LogP contribution in [0.5, 0.6) is 0 Å². The second-order valence-corrected chi connectivity index (χ2v) is 8.77. The highest BCUT2D eigenvalue weighted by Gasteiger charge is 2.29. The predicted molar refractivity (Wildman–Crippen MR) is 113 cm³/mol. The summed E-state index contributed by atoms with van der Waals surface area (Å²) in [6, 6.07) is 10.7. The van der Waals surface area contributed by atoms with Gasteiger partial charge in [0.1, 0.15) is 5.82 Å². The van der Waals surface area contributed by atoms with Crippen LogP contribution in [-0.2, 0) is 10.2 Å². The van der Waals surface area contributed by atoms with Crippen molar-refractivity contribution < 1.29 is 18.8 Å². The van der Waals surface area contributed by atoms with Gasteiger partial charge >= 0.3 is 0 Å². The fraction of sp³-hybridized carbons (Fsp3) is 0.348. The Bertz CT molecular complexity index is 975. The number of carbonyl (C=O) groups is 3. The lowest BCUT2D eigenvalue weighted by Gasteiger charge is -2.34. The Balaban J connectivity index is 1.62. The lowest BCUT2D eigenvalue weighted by molar-refractivity contribution is -0.127. The zero-order valence-electron chi connectivity index (χ0n) is 17.2. The summed E-state index contributed by atoms with van der Waals surface area (Å²) >= 11 is 5.97. The molecule has 1 aliphatic heterocycles. The fourth-order valence-corrected chi connectivity index (χ4v) is 3.58. The molecule has 0 saturated carbocycles. The number of hydrogen-bond acceptors (Lipinski definition) is 3. The molecule has 3 rings (SSSR count). The van der Waals surface area contributed by atoms with E-state index in [2.05, 4.69) is 20.8 Å². The van der Waals surface area contributed by atoms with Crippen LogP contribution in [0.15, 0.2) is 42.5 Å². The summed E-state index contributed by atoms with van der Waals surface area (Å²) in [7, 11) is 0. The number of ketones is 1. The van der Waals surface area contributed by atoms with Gasteiger partial charge in [-0.3, -0.25) is 14.4 Å². The molecule has 0 bridgehead atoms. The number of benzene rings is 2. The molecule has 1 aliphatic rings. The second-order valence-electron chi connectivity index (χ2n) is 8.37. The smallest absolute Gasteiger partial charge is 0.295 e. The van der Waals surface area contributed by atoms with Gasteiger partial charge in [0, 0.05) is 31.7 Å². The average Bonchev–Trinajstić information content (AvgIpc) is 2.72. The van der Waals surface area contributed by atoms with Gasteiger partial charge in [-0.05, 0) is 29.2 Å². The fourth-order valence-electron chi connectivity index (χ4n) is 3.33. The Morgan fingerprint density at radius 1 is 0.900 bits per heavy atom. The van der Waals surface area contributed by atoms with Gasteiger partial charge in [0.2, 0.25) is 5.78 Å². The normalized spacial score (nSPS) is 14.6. The number of carbonyl (C=O) groups excluding carboxylic acids is 3. The van der Waals surface area contributed by atoms with E-state index < -0.39 is 17.5 Å². The minimum atomic E-state index is -0.578. The van der Waals surface area contributed by atoms with Crippen LogP contribution in [0.3, 0.4) is 0 Å². The highest BCUT2D eigenvalue weighted by atomic mass is 35.5. The summed E-state index contributed by atoms with van der Waals surface area (Å²) in [4.78, 5) is 40.8. The van der Waals surface area contributed by atoms with Gasteiger partial charge in [-0.1, -0.05) is 56.6 Å². The van der Waals surface area contributed by atoms with Crippen LogP contribution in [0, 0.1) is 5.82 Å². The van der Waals surface area contributed by atoms with Gasteiger partial charge in [-0.15, -0.1) is 0 Å². The van der Waals surface area contributed by atoms with E-state index in [1.165, 1.54) is 17.0 Å². The van der Waals surface area contributed by atoms with Crippen molar-refractivity contribution in [3.63, 3.8) is 0 Å². The zero-order valence-corrected chi connectivity index (χ0v) is 18.0. The van der Waals surface area contributed by atoms with Gasteiger partial charge in [-0.2, -0.15) is 0 Å². The van der Waals surface area contributed by atoms with Crippen LogP contribution in [0.1, 0.15) is 47.1 Å². The van der Waals surface area contributed by atoms with Crippen molar-refractivity contribution in [3.05, 3.63) is 70.0 Å². The monoisotopic (exact) mass is 430 g/mol. The largest absolute Gasteiger partial charge is 0.335 e. The summed E-state index contributed by atoms with van der Waals surface area (Å²) in [5.41, 5.74) is 1.61. The molecule has 0 radical (unpaired) electrons. The molecule has 0 aromatic heterocycles. The van der Waals surface area contributed by atoms with E-state index in [1.807, 2.05) is 12.1 Å². The SMILES string of the molecule is CC(C)(C)c1ccc(C(=O)C(=O)N2CCN(C(=O)c3ccc(F)cc3Cl)CC2)cc1. The van der Waals surface area contributed by atoms with Crippen molar-refractivity contribution >= 4 is 29.2 Å². The maximum atomic E-state index is 13.2. The Morgan fingerprint density at radius 2 is 1.47 bits per heavy atom. The molecule has 2 amide bonds. The standard InChI is InChI=1S/C23H24ClFN2O3/c1-23(2,3)16-6-4-15(5-7-16)20(28)22(30)27-12-10-26(11-13-27)21(29)18-9-8-17(25)14-19(18)24/h4-9,14H,10-13H2,1-3H3. The molecule has 2 aromatic carbocycles. The molecule has 5 nitrogen and oxygen atoms in total. The molecule has 7 heteroatoms. The summed E-state index contributed by atoms with van der Waals surface area (Å²) in [6.07, 6.45) is 0. The first kappa shape index (κ1) is 22.0. The van der Waals surface area contributed by atoms with Crippen molar-refractivity contribution in [1.82, 2.24) is 9.80 Å². The number of rotatable bonds is 3. The summed E-state index contributed by atoms with van der Waals surface area (Å²) < 4.78 is 13.2. The first-order valence-corrected chi connectivity index (χ1v) is 10.1. The van der Waals surface area contributed by atoms with E-state index >= 15 is 0 Å². The third kappa shape index (κ3) is 4.70. The number of hydrogen-bond donors (Lipinski definition) is 0. The molecule has 0 aliphatic carbocycles. The third-order valence-electron chi connectivity index (χ3n) is 5.22. The van der Waals surface area contributed by atoms with E-state index in [1.54, 1.807) is 17.0 Å². The number of Topliss-reactive ketones (excluding diaryl/α,β-unsaturated/α-hetero) is 1. The van der Waals surface area contributed by atoms with Gasteiger partial charge in [-0.25, -0.2) is 4.39 Å². The number of nitrogens with zero attached hydrogens (tertiary/aromatic N) is 2. The molecule has 30 heavy (non-hydrogen) atoms. The summed E-state index contributed by atoms with van der Waals surface area (Å²) in [6.45, 7) is 7.27. The van der Waals surface area contributed by atoms with Crippen LogP contribution in [0.25, 0.3) is 0 Å². The highest BCUT2D eigenvalue weighted by molar-refractivity contribution is 6.42. The van der Waals surface area contributed by atoms with E-state index in [4.69, 9.17) is 11.6 Å². The first-order valence-electron chi connectivity index (χ1n) is 9.76. The lowest BCUT2D eigenvalue weighted by atomic mass is 9.86. The number of amides is 2. The molecule has 0 atom stereocenters. The molecular weight excluding hydrogens is 407 g/mol. The molecule has 1 heterocycles. The summed E-state index contributed by atoms with van der Waals surface area (Å²) in [5.74, 6) is -1.97. The van der Waals surface area contributed by atoms with Gasteiger partial charge in [0.05, 0.1) is 10.6 Å².